The summed E-state index contributed by atoms with van der Waals surface area (Å²) >= 11 is 0. The number of H-pyrrole nitrogens is 1. The van der Waals surface area contributed by atoms with Crippen LogP contribution in [0.3, 0.4) is 0 Å². The molecule has 0 bridgehead atoms. The maximum absolute atomic E-state index is 11.2. The SMILES string of the molecule is NC1(c2nn[nH]n2)CCS(=O)(=O)C1. The Morgan fingerprint density at radius 2 is 2.31 bits per heavy atom. The second kappa shape index (κ2) is 2.48. The lowest BCUT2D eigenvalue weighted by Crippen LogP contribution is -2.39. The van der Waals surface area contributed by atoms with Gasteiger partial charge in [0.1, 0.15) is 0 Å². The zero-order valence-corrected chi connectivity index (χ0v) is 7.58. The van der Waals surface area contributed by atoms with E-state index < -0.39 is 15.4 Å². The third-order valence-corrected chi connectivity index (χ3v) is 3.91. The molecule has 0 radical (unpaired) electrons. The van der Waals surface area contributed by atoms with Crippen molar-refractivity contribution >= 4 is 9.84 Å². The molecule has 3 N–H and O–H groups in total. The summed E-state index contributed by atoms with van der Waals surface area (Å²) in [6.07, 6.45) is 0.356. The number of nitrogens with zero attached hydrogens (tertiary/aromatic N) is 3. The Hall–Kier alpha value is -1.02. The fourth-order valence-electron chi connectivity index (χ4n) is 1.42. The van der Waals surface area contributed by atoms with Crippen LogP contribution in [-0.4, -0.2) is 40.5 Å². The van der Waals surface area contributed by atoms with Crippen LogP contribution in [-0.2, 0) is 15.4 Å². The monoisotopic (exact) mass is 203 g/mol. The van der Waals surface area contributed by atoms with Crippen molar-refractivity contribution in [2.45, 2.75) is 12.0 Å². The second-order valence-corrected chi connectivity index (χ2v) is 5.42. The average molecular weight is 203 g/mol. The van der Waals surface area contributed by atoms with E-state index in [9.17, 15) is 8.42 Å². The quantitative estimate of drug-likeness (QED) is 0.555. The number of tetrazole rings is 1. The molecule has 13 heavy (non-hydrogen) atoms. The molecule has 0 aromatic carbocycles. The molecule has 72 valence electrons. The highest BCUT2D eigenvalue weighted by molar-refractivity contribution is 7.91. The molecule has 1 saturated heterocycles. The molecule has 1 aliphatic rings. The van der Waals surface area contributed by atoms with Crippen LogP contribution < -0.4 is 5.73 Å². The van der Waals surface area contributed by atoms with Gasteiger partial charge >= 0.3 is 0 Å². The Bertz CT molecular complexity index is 399. The van der Waals surface area contributed by atoms with Crippen LogP contribution in [0.2, 0.25) is 0 Å². The van der Waals surface area contributed by atoms with E-state index in [-0.39, 0.29) is 17.3 Å². The lowest BCUT2D eigenvalue weighted by molar-refractivity contribution is 0.473. The Balaban J connectivity index is 2.35. The van der Waals surface area contributed by atoms with E-state index in [2.05, 4.69) is 20.6 Å². The van der Waals surface area contributed by atoms with Crippen LogP contribution in [0.4, 0.5) is 0 Å². The number of nitrogens with one attached hydrogen (secondary N) is 1. The van der Waals surface area contributed by atoms with Crippen molar-refractivity contribution in [2.75, 3.05) is 11.5 Å². The summed E-state index contributed by atoms with van der Waals surface area (Å²) in [6, 6.07) is 0. The van der Waals surface area contributed by atoms with Gasteiger partial charge in [0.05, 0.1) is 17.0 Å². The van der Waals surface area contributed by atoms with Gasteiger partial charge in [-0.2, -0.15) is 5.21 Å². The molecular weight excluding hydrogens is 194 g/mol. The van der Waals surface area contributed by atoms with E-state index in [4.69, 9.17) is 5.73 Å². The Labute approximate surface area is 74.6 Å². The third-order valence-electron chi connectivity index (χ3n) is 2.13. The molecule has 2 heterocycles. The molecule has 7 nitrogen and oxygen atoms in total. The van der Waals surface area contributed by atoms with E-state index in [0.717, 1.165) is 0 Å². The highest BCUT2D eigenvalue weighted by Crippen LogP contribution is 2.27. The normalized spacial score (nSPS) is 32.1. The summed E-state index contributed by atoms with van der Waals surface area (Å²) in [6.45, 7) is 0. The number of hydrogen-bond acceptors (Lipinski definition) is 6. The van der Waals surface area contributed by atoms with Crippen molar-refractivity contribution in [3.05, 3.63) is 5.82 Å². The maximum Gasteiger partial charge on any atom is 0.195 e. The van der Waals surface area contributed by atoms with Crippen molar-refractivity contribution in [3.63, 3.8) is 0 Å². The summed E-state index contributed by atoms with van der Waals surface area (Å²) in [5.74, 6) is 0.269. The van der Waals surface area contributed by atoms with Crippen LogP contribution in [0.15, 0.2) is 0 Å². The Kier molecular flexibility index (Phi) is 1.64. The summed E-state index contributed by atoms with van der Waals surface area (Å²) < 4.78 is 22.4. The van der Waals surface area contributed by atoms with E-state index in [1.807, 2.05) is 0 Å². The number of rotatable bonds is 1. The first kappa shape index (κ1) is 8.57. The largest absolute Gasteiger partial charge is 0.318 e. The van der Waals surface area contributed by atoms with Crippen molar-refractivity contribution in [1.82, 2.24) is 20.6 Å². The van der Waals surface area contributed by atoms with Crippen LogP contribution in [0.1, 0.15) is 12.2 Å². The Morgan fingerprint density at radius 3 is 2.77 bits per heavy atom. The fourth-order valence-corrected chi connectivity index (χ4v) is 3.30. The first-order valence-electron chi connectivity index (χ1n) is 3.75. The molecule has 1 unspecified atom stereocenters. The molecule has 1 aromatic rings. The minimum absolute atomic E-state index is 0.0953. The third kappa shape index (κ3) is 1.42. The number of hydrogen-bond donors (Lipinski definition) is 2. The molecule has 1 aromatic heterocycles. The van der Waals surface area contributed by atoms with Crippen LogP contribution in [0, 0.1) is 0 Å². The minimum atomic E-state index is -3.03. The van der Waals surface area contributed by atoms with Gasteiger partial charge in [-0.15, -0.1) is 10.2 Å². The van der Waals surface area contributed by atoms with Gasteiger partial charge in [0, 0.05) is 0 Å². The van der Waals surface area contributed by atoms with E-state index in [0.29, 0.717) is 6.42 Å². The van der Waals surface area contributed by atoms with Gasteiger partial charge in [0.15, 0.2) is 15.7 Å². The maximum atomic E-state index is 11.2. The first-order chi connectivity index (χ1) is 6.02. The summed E-state index contributed by atoms with van der Waals surface area (Å²) in [4.78, 5) is 0. The zero-order valence-electron chi connectivity index (χ0n) is 6.77. The average Bonchev–Trinajstić information content (AvgIpc) is 2.58. The molecule has 1 atom stereocenters. The number of aromatic amines is 1. The standard InChI is InChI=1S/C5H9N5O2S/c6-5(4-7-9-10-8-4)1-2-13(11,12)3-5/h1-3,6H2,(H,7,8,9,10). The van der Waals surface area contributed by atoms with Gasteiger partial charge in [-0.05, 0) is 6.42 Å². The minimum Gasteiger partial charge on any atom is -0.318 e. The topological polar surface area (TPSA) is 115 Å². The molecule has 0 saturated carbocycles. The van der Waals surface area contributed by atoms with Crippen LogP contribution in [0.25, 0.3) is 0 Å². The second-order valence-electron chi connectivity index (χ2n) is 3.23. The van der Waals surface area contributed by atoms with Crippen molar-refractivity contribution < 1.29 is 8.42 Å². The van der Waals surface area contributed by atoms with E-state index >= 15 is 0 Å². The van der Waals surface area contributed by atoms with Crippen molar-refractivity contribution in [3.8, 4) is 0 Å². The van der Waals surface area contributed by atoms with Gasteiger partial charge in [-0.1, -0.05) is 5.21 Å². The lowest BCUT2D eigenvalue weighted by Gasteiger charge is -2.15. The first-order valence-corrected chi connectivity index (χ1v) is 5.57. The fraction of sp³-hybridized carbons (Fsp3) is 0.800. The molecule has 0 amide bonds. The zero-order chi connectivity index (χ0) is 9.53. The molecule has 8 heteroatoms. The van der Waals surface area contributed by atoms with E-state index in [1.165, 1.54) is 0 Å². The molecule has 1 fully saturated rings. The number of sulfone groups is 1. The van der Waals surface area contributed by atoms with Gasteiger partial charge < -0.3 is 5.73 Å². The van der Waals surface area contributed by atoms with Gasteiger partial charge in [0.25, 0.3) is 0 Å². The van der Waals surface area contributed by atoms with Gasteiger partial charge in [0.2, 0.25) is 0 Å². The summed E-state index contributed by atoms with van der Waals surface area (Å²) in [5, 5.41) is 13.0. The van der Waals surface area contributed by atoms with Crippen molar-refractivity contribution in [1.29, 1.82) is 0 Å². The van der Waals surface area contributed by atoms with Crippen molar-refractivity contribution in [2.24, 2.45) is 5.73 Å². The van der Waals surface area contributed by atoms with Crippen LogP contribution in [0.5, 0.6) is 0 Å². The smallest absolute Gasteiger partial charge is 0.195 e. The Morgan fingerprint density at radius 1 is 1.54 bits per heavy atom. The highest BCUT2D eigenvalue weighted by atomic mass is 32.2. The number of nitrogens with two attached hydrogens (primary N) is 1. The lowest BCUT2D eigenvalue weighted by atomic mass is 10.0. The van der Waals surface area contributed by atoms with E-state index in [1.54, 1.807) is 0 Å². The summed E-state index contributed by atoms with van der Waals surface area (Å²) in [7, 11) is -3.03. The molecule has 0 aliphatic carbocycles. The highest BCUT2D eigenvalue weighted by Gasteiger charge is 2.43. The predicted molar refractivity (Wildman–Crippen MR) is 43.3 cm³/mol. The molecule has 1 aliphatic heterocycles. The molecule has 0 spiro atoms. The van der Waals surface area contributed by atoms with Gasteiger partial charge in [-0.3, -0.25) is 0 Å². The molecule has 2 rings (SSSR count). The summed E-state index contributed by atoms with van der Waals surface area (Å²) in [5.41, 5.74) is 4.88. The van der Waals surface area contributed by atoms with Gasteiger partial charge in [-0.25, -0.2) is 8.42 Å². The van der Waals surface area contributed by atoms with Crippen LogP contribution >= 0.6 is 0 Å². The molecular formula is C5H9N5O2S. The number of aromatic nitrogens is 4. The predicted octanol–water partition coefficient (Wildman–Crippen LogP) is -1.83.